The molecule has 0 aliphatic carbocycles. The highest BCUT2D eigenvalue weighted by atomic mass is 35.5. The number of furan rings is 1. The van der Waals surface area contributed by atoms with Crippen molar-refractivity contribution in [3.63, 3.8) is 0 Å². The van der Waals surface area contributed by atoms with Gasteiger partial charge in [-0.2, -0.15) is 0 Å². The molecule has 2 aromatic rings. The summed E-state index contributed by atoms with van der Waals surface area (Å²) in [4.78, 5) is 15.6. The molecular weight excluding hydrogens is 228 g/mol. The van der Waals surface area contributed by atoms with Crippen LogP contribution in [0.25, 0.3) is 0 Å². The highest BCUT2D eigenvalue weighted by molar-refractivity contribution is 6.30. The lowest BCUT2D eigenvalue weighted by molar-refractivity contribution is 0.102. The summed E-state index contributed by atoms with van der Waals surface area (Å²) in [6.45, 7) is 1.82. The Bertz CT molecular complexity index is 509. The highest BCUT2D eigenvalue weighted by Gasteiger charge is 2.08. The van der Waals surface area contributed by atoms with Gasteiger partial charge in [-0.05, 0) is 24.6 Å². The van der Waals surface area contributed by atoms with Gasteiger partial charge in [0.25, 0.3) is 5.91 Å². The van der Waals surface area contributed by atoms with Crippen LogP contribution in [0.1, 0.15) is 15.9 Å². The zero-order valence-electron chi connectivity index (χ0n) is 8.53. The number of aromatic nitrogens is 1. The number of rotatable bonds is 2. The molecule has 0 radical (unpaired) electrons. The lowest BCUT2D eigenvalue weighted by Crippen LogP contribution is -2.11. The van der Waals surface area contributed by atoms with E-state index in [2.05, 4.69) is 10.3 Å². The molecule has 1 N–H and O–H groups in total. The van der Waals surface area contributed by atoms with Crippen LogP contribution < -0.4 is 5.32 Å². The van der Waals surface area contributed by atoms with Crippen LogP contribution in [0.15, 0.2) is 35.3 Å². The molecule has 2 aromatic heterocycles. The number of hydrogen-bond acceptors (Lipinski definition) is 3. The number of nitrogens with one attached hydrogen (secondary N) is 1. The van der Waals surface area contributed by atoms with Crippen LogP contribution in [0, 0.1) is 6.92 Å². The third-order valence-electron chi connectivity index (χ3n) is 2.06. The highest BCUT2D eigenvalue weighted by Crippen LogP contribution is 2.16. The van der Waals surface area contributed by atoms with E-state index >= 15 is 0 Å². The number of aryl methyl sites for hydroxylation is 1. The number of nitrogens with zero attached hydrogens (tertiary/aromatic N) is 1. The second kappa shape index (κ2) is 4.37. The first kappa shape index (κ1) is 10.7. The molecule has 5 heteroatoms. The van der Waals surface area contributed by atoms with E-state index in [0.29, 0.717) is 16.4 Å². The standard InChI is InChI=1S/C11H9ClN2O2/c1-7-4-9(5-13-10(7)12)14-11(15)8-2-3-16-6-8/h2-6H,1H3,(H,14,15). The van der Waals surface area contributed by atoms with Crippen molar-refractivity contribution in [2.75, 3.05) is 5.32 Å². The molecule has 0 spiro atoms. The van der Waals surface area contributed by atoms with E-state index in [4.69, 9.17) is 16.0 Å². The fraction of sp³-hybridized carbons (Fsp3) is 0.0909. The van der Waals surface area contributed by atoms with Crippen molar-refractivity contribution in [2.45, 2.75) is 6.92 Å². The summed E-state index contributed by atoms with van der Waals surface area (Å²) in [5.74, 6) is -0.239. The Morgan fingerprint density at radius 1 is 1.56 bits per heavy atom. The molecule has 2 heterocycles. The largest absolute Gasteiger partial charge is 0.472 e. The Hall–Kier alpha value is -1.81. The molecule has 1 amide bonds. The van der Waals surface area contributed by atoms with E-state index in [1.807, 2.05) is 6.92 Å². The predicted octanol–water partition coefficient (Wildman–Crippen LogP) is 2.89. The van der Waals surface area contributed by atoms with Gasteiger partial charge in [0.05, 0.1) is 23.7 Å². The lowest BCUT2D eigenvalue weighted by atomic mass is 10.2. The smallest absolute Gasteiger partial charge is 0.258 e. The fourth-order valence-corrected chi connectivity index (χ4v) is 1.33. The van der Waals surface area contributed by atoms with Crippen LogP contribution in [0.5, 0.6) is 0 Å². The Morgan fingerprint density at radius 2 is 2.38 bits per heavy atom. The molecule has 0 aromatic carbocycles. The second-order valence-corrected chi connectivity index (χ2v) is 3.66. The molecule has 2 rings (SSSR count). The van der Waals surface area contributed by atoms with E-state index in [9.17, 15) is 4.79 Å². The number of hydrogen-bond donors (Lipinski definition) is 1. The van der Waals surface area contributed by atoms with Gasteiger partial charge in [-0.3, -0.25) is 4.79 Å². The third-order valence-corrected chi connectivity index (χ3v) is 2.45. The van der Waals surface area contributed by atoms with E-state index in [0.717, 1.165) is 5.56 Å². The van der Waals surface area contributed by atoms with Crippen LogP contribution in [0.2, 0.25) is 5.15 Å². The SMILES string of the molecule is Cc1cc(NC(=O)c2ccoc2)cnc1Cl. The van der Waals surface area contributed by atoms with E-state index in [1.54, 1.807) is 12.1 Å². The number of carbonyl (C=O) groups is 1. The van der Waals surface area contributed by atoms with E-state index in [1.165, 1.54) is 18.7 Å². The third kappa shape index (κ3) is 2.23. The minimum atomic E-state index is -0.239. The Morgan fingerprint density at radius 3 is 3.00 bits per heavy atom. The van der Waals surface area contributed by atoms with E-state index < -0.39 is 0 Å². The van der Waals surface area contributed by atoms with Crippen molar-refractivity contribution in [2.24, 2.45) is 0 Å². The van der Waals surface area contributed by atoms with Crippen molar-refractivity contribution in [3.8, 4) is 0 Å². The van der Waals surface area contributed by atoms with Gasteiger partial charge >= 0.3 is 0 Å². The normalized spacial score (nSPS) is 10.1. The zero-order chi connectivity index (χ0) is 11.5. The van der Waals surface area contributed by atoms with Gasteiger partial charge in [0.15, 0.2) is 0 Å². The van der Waals surface area contributed by atoms with Gasteiger partial charge < -0.3 is 9.73 Å². The van der Waals surface area contributed by atoms with Crippen LogP contribution in [-0.2, 0) is 0 Å². The molecule has 0 aliphatic rings. The number of amides is 1. The van der Waals surface area contributed by atoms with Crippen LogP contribution >= 0.6 is 11.6 Å². The average Bonchev–Trinajstić information content (AvgIpc) is 2.77. The monoisotopic (exact) mass is 236 g/mol. The summed E-state index contributed by atoms with van der Waals surface area (Å²) < 4.78 is 4.82. The van der Waals surface area contributed by atoms with Crippen molar-refractivity contribution in [1.29, 1.82) is 0 Å². The number of pyridine rings is 1. The molecule has 0 saturated heterocycles. The van der Waals surface area contributed by atoms with Gasteiger partial charge in [-0.25, -0.2) is 4.98 Å². The van der Waals surface area contributed by atoms with Crippen LogP contribution in [0.3, 0.4) is 0 Å². The van der Waals surface area contributed by atoms with Gasteiger partial charge in [0, 0.05) is 0 Å². The first-order chi connectivity index (χ1) is 7.66. The Balaban J connectivity index is 2.15. The summed E-state index contributed by atoms with van der Waals surface area (Å²) in [5.41, 5.74) is 1.88. The first-order valence-electron chi connectivity index (χ1n) is 4.62. The molecule has 0 bridgehead atoms. The summed E-state index contributed by atoms with van der Waals surface area (Å²) >= 11 is 5.78. The Kier molecular flexibility index (Phi) is 2.92. The summed E-state index contributed by atoms with van der Waals surface area (Å²) in [6.07, 6.45) is 4.33. The first-order valence-corrected chi connectivity index (χ1v) is 5.00. The molecule has 4 nitrogen and oxygen atoms in total. The molecule has 0 atom stereocenters. The quantitative estimate of drug-likeness (QED) is 0.816. The van der Waals surface area contributed by atoms with Crippen LogP contribution in [0.4, 0.5) is 5.69 Å². The topological polar surface area (TPSA) is 55.1 Å². The minimum absolute atomic E-state index is 0.239. The fourth-order valence-electron chi connectivity index (χ4n) is 1.22. The molecule has 16 heavy (non-hydrogen) atoms. The molecule has 0 unspecified atom stereocenters. The van der Waals surface area contributed by atoms with Crippen molar-refractivity contribution >= 4 is 23.2 Å². The molecule has 0 fully saturated rings. The Labute approximate surface area is 97.2 Å². The zero-order valence-corrected chi connectivity index (χ0v) is 9.28. The summed E-state index contributed by atoms with van der Waals surface area (Å²) in [6, 6.07) is 3.35. The predicted molar refractivity (Wildman–Crippen MR) is 60.6 cm³/mol. The summed E-state index contributed by atoms with van der Waals surface area (Å²) in [7, 11) is 0. The maximum Gasteiger partial charge on any atom is 0.258 e. The number of anilines is 1. The average molecular weight is 237 g/mol. The van der Waals surface area contributed by atoms with Gasteiger partial charge in [0.2, 0.25) is 0 Å². The minimum Gasteiger partial charge on any atom is -0.472 e. The van der Waals surface area contributed by atoms with Crippen molar-refractivity contribution in [3.05, 3.63) is 47.1 Å². The van der Waals surface area contributed by atoms with Crippen molar-refractivity contribution in [1.82, 2.24) is 4.98 Å². The number of halogens is 1. The van der Waals surface area contributed by atoms with E-state index in [-0.39, 0.29) is 5.91 Å². The van der Waals surface area contributed by atoms with Gasteiger partial charge in [-0.15, -0.1) is 0 Å². The summed E-state index contributed by atoms with van der Waals surface area (Å²) in [5, 5.41) is 3.12. The van der Waals surface area contributed by atoms with Gasteiger partial charge in [0.1, 0.15) is 11.4 Å². The van der Waals surface area contributed by atoms with Gasteiger partial charge in [-0.1, -0.05) is 11.6 Å². The molecular formula is C11H9ClN2O2. The maximum absolute atomic E-state index is 11.6. The number of carbonyl (C=O) groups excluding carboxylic acids is 1. The molecule has 0 aliphatic heterocycles. The second-order valence-electron chi connectivity index (χ2n) is 3.30. The molecule has 82 valence electrons. The van der Waals surface area contributed by atoms with Crippen LogP contribution in [-0.4, -0.2) is 10.9 Å². The lowest BCUT2D eigenvalue weighted by Gasteiger charge is -2.04. The maximum atomic E-state index is 11.6. The van der Waals surface area contributed by atoms with Crippen molar-refractivity contribution < 1.29 is 9.21 Å². The molecule has 0 saturated carbocycles.